The fourth-order valence-corrected chi connectivity index (χ4v) is 8.54. The normalized spacial score (nSPS) is 13.3. The van der Waals surface area contributed by atoms with Crippen LogP contribution in [0.1, 0.15) is 271 Å². The molecular weight excluding hydrogens is 1010 g/mol. The molecule has 0 saturated heterocycles. The van der Waals surface area contributed by atoms with Crippen molar-refractivity contribution < 1.29 is 28.6 Å². The molecule has 0 rings (SSSR count). The molecule has 0 spiro atoms. The molecule has 0 aliphatic carbocycles. The Kier molecular flexibility index (Phi) is 63.9. The molecule has 1 atom stereocenters. The van der Waals surface area contributed by atoms with E-state index in [1.165, 1.54) is 57.8 Å². The highest BCUT2D eigenvalue weighted by Crippen LogP contribution is 2.14. The minimum absolute atomic E-state index is 0.107. The largest absolute Gasteiger partial charge is 0.462 e. The molecular formula is C76H120O6. The molecule has 0 heterocycles. The van der Waals surface area contributed by atoms with E-state index in [0.29, 0.717) is 19.3 Å². The van der Waals surface area contributed by atoms with Gasteiger partial charge in [0.2, 0.25) is 0 Å². The van der Waals surface area contributed by atoms with Gasteiger partial charge in [0.05, 0.1) is 0 Å². The van der Waals surface area contributed by atoms with Crippen molar-refractivity contribution in [3.63, 3.8) is 0 Å². The van der Waals surface area contributed by atoms with Crippen molar-refractivity contribution in [2.24, 2.45) is 0 Å². The van der Waals surface area contributed by atoms with Crippen LogP contribution in [0.2, 0.25) is 0 Å². The molecule has 0 fully saturated rings. The first-order valence-corrected chi connectivity index (χ1v) is 33.1. The van der Waals surface area contributed by atoms with Crippen molar-refractivity contribution in [1.29, 1.82) is 0 Å². The Labute approximate surface area is 504 Å². The van der Waals surface area contributed by atoms with Crippen LogP contribution >= 0.6 is 0 Å². The lowest BCUT2D eigenvalue weighted by molar-refractivity contribution is -0.167. The number of hydrogen-bond acceptors (Lipinski definition) is 6. The fraction of sp³-hybridized carbons (Fsp3) is 0.592. The zero-order valence-corrected chi connectivity index (χ0v) is 52.7. The van der Waals surface area contributed by atoms with Gasteiger partial charge in [-0.1, -0.05) is 268 Å². The first-order chi connectivity index (χ1) is 40.5. The van der Waals surface area contributed by atoms with Crippen LogP contribution in [0.25, 0.3) is 0 Å². The number of hydrogen-bond donors (Lipinski definition) is 0. The van der Waals surface area contributed by atoms with Crippen LogP contribution in [0.15, 0.2) is 170 Å². The molecule has 0 radical (unpaired) electrons. The van der Waals surface area contributed by atoms with Gasteiger partial charge >= 0.3 is 17.9 Å². The molecule has 0 aromatic rings. The molecule has 0 N–H and O–H groups in total. The van der Waals surface area contributed by atoms with Gasteiger partial charge in [-0.3, -0.25) is 14.4 Å². The summed E-state index contributed by atoms with van der Waals surface area (Å²) in [6, 6.07) is 0. The van der Waals surface area contributed by atoms with Crippen LogP contribution in [0.4, 0.5) is 0 Å². The third-order valence-corrected chi connectivity index (χ3v) is 13.4. The Bertz CT molecular complexity index is 1870. The number of rotatable bonds is 58. The lowest BCUT2D eigenvalue weighted by Gasteiger charge is -2.18. The number of allylic oxidation sites excluding steroid dienone is 28. The van der Waals surface area contributed by atoms with E-state index in [9.17, 15) is 14.4 Å². The fourth-order valence-electron chi connectivity index (χ4n) is 8.54. The zero-order chi connectivity index (χ0) is 59.2. The first kappa shape index (κ1) is 76.8. The maximum atomic E-state index is 12.9. The van der Waals surface area contributed by atoms with Crippen molar-refractivity contribution in [3.05, 3.63) is 170 Å². The van der Waals surface area contributed by atoms with Gasteiger partial charge in [-0.05, 0) is 154 Å². The van der Waals surface area contributed by atoms with Crippen molar-refractivity contribution in [2.75, 3.05) is 13.2 Å². The predicted octanol–water partition coefficient (Wildman–Crippen LogP) is 23.0. The maximum absolute atomic E-state index is 12.9. The Morgan fingerprint density at radius 2 is 0.476 bits per heavy atom. The van der Waals surface area contributed by atoms with Crippen LogP contribution in [0.5, 0.6) is 0 Å². The lowest BCUT2D eigenvalue weighted by Crippen LogP contribution is -2.30. The Hall–Kier alpha value is -5.23. The summed E-state index contributed by atoms with van der Waals surface area (Å²) in [6.07, 6.45) is 101. The Morgan fingerprint density at radius 1 is 0.256 bits per heavy atom. The summed E-state index contributed by atoms with van der Waals surface area (Å²) in [6.45, 7) is 6.35. The SMILES string of the molecule is CC/C=C\C/C=C\C/C=C\C/C=C\C/C=C\C/C=C\C/C=C\C/C=C\CCCCCCCCC(=O)OCC(COC(=O)CCCCCCC/C=C\CCCCCCC)OC(=O)CCCCC/C=C\C/C=C\C/C=C\C/C=C\C/C=C\CC. The highest BCUT2D eigenvalue weighted by Gasteiger charge is 2.19. The van der Waals surface area contributed by atoms with E-state index in [1.807, 2.05) is 0 Å². The van der Waals surface area contributed by atoms with Gasteiger partial charge in [0, 0.05) is 19.3 Å². The lowest BCUT2D eigenvalue weighted by atomic mass is 10.1. The van der Waals surface area contributed by atoms with Crippen molar-refractivity contribution in [3.8, 4) is 0 Å². The van der Waals surface area contributed by atoms with Crippen molar-refractivity contribution in [1.82, 2.24) is 0 Å². The van der Waals surface area contributed by atoms with Gasteiger partial charge in [-0.2, -0.15) is 0 Å². The van der Waals surface area contributed by atoms with Crippen LogP contribution < -0.4 is 0 Å². The van der Waals surface area contributed by atoms with Gasteiger partial charge in [0.1, 0.15) is 13.2 Å². The molecule has 82 heavy (non-hydrogen) atoms. The van der Waals surface area contributed by atoms with Gasteiger partial charge in [0.25, 0.3) is 0 Å². The molecule has 0 aliphatic heterocycles. The number of carbonyl (C=O) groups is 3. The Morgan fingerprint density at radius 3 is 0.768 bits per heavy atom. The predicted molar refractivity (Wildman–Crippen MR) is 357 cm³/mol. The van der Waals surface area contributed by atoms with E-state index in [0.717, 1.165) is 167 Å². The minimum Gasteiger partial charge on any atom is -0.462 e. The second-order valence-electron chi connectivity index (χ2n) is 21.3. The number of ether oxygens (including phenoxy) is 3. The summed E-state index contributed by atoms with van der Waals surface area (Å²) in [4.78, 5) is 38.3. The first-order valence-electron chi connectivity index (χ1n) is 33.1. The second-order valence-corrected chi connectivity index (χ2v) is 21.3. The average Bonchev–Trinajstić information content (AvgIpc) is 3.47. The van der Waals surface area contributed by atoms with Gasteiger partial charge in [-0.15, -0.1) is 0 Å². The number of esters is 3. The van der Waals surface area contributed by atoms with E-state index in [2.05, 4.69) is 191 Å². The second kappa shape index (κ2) is 68.3. The van der Waals surface area contributed by atoms with E-state index in [1.54, 1.807) is 0 Å². The van der Waals surface area contributed by atoms with Crippen LogP contribution in [-0.4, -0.2) is 37.2 Å². The van der Waals surface area contributed by atoms with E-state index in [-0.39, 0.29) is 37.5 Å². The molecule has 0 saturated carbocycles. The van der Waals surface area contributed by atoms with Crippen molar-refractivity contribution >= 4 is 17.9 Å². The highest BCUT2D eigenvalue weighted by molar-refractivity contribution is 5.71. The molecule has 6 heteroatoms. The summed E-state index contributed by atoms with van der Waals surface area (Å²) < 4.78 is 16.9. The maximum Gasteiger partial charge on any atom is 0.306 e. The van der Waals surface area contributed by atoms with Crippen molar-refractivity contribution in [2.45, 2.75) is 277 Å². The number of carbonyl (C=O) groups excluding carboxylic acids is 3. The summed E-state index contributed by atoms with van der Waals surface area (Å²) in [5.41, 5.74) is 0. The van der Waals surface area contributed by atoms with E-state index < -0.39 is 6.10 Å². The third-order valence-electron chi connectivity index (χ3n) is 13.4. The van der Waals surface area contributed by atoms with Gasteiger partial charge in [-0.25, -0.2) is 0 Å². The van der Waals surface area contributed by atoms with Crippen LogP contribution in [0, 0.1) is 0 Å². The van der Waals surface area contributed by atoms with Gasteiger partial charge < -0.3 is 14.2 Å². The molecule has 0 aromatic carbocycles. The summed E-state index contributed by atoms with van der Waals surface area (Å²) in [7, 11) is 0. The number of unbranched alkanes of at least 4 members (excludes halogenated alkanes) is 19. The standard InChI is InChI=1S/C76H120O6/c1-4-7-10-13-16-19-22-25-28-30-32-33-34-35-36-37-38-39-40-41-42-43-45-46-48-51-54-57-60-63-66-69-75(78)81-72-73(71-80-74(77)68-65-62-59-56-53-50-27-24-21-18-15-12-9-6-3)82-76(79)70-67-64-61-58-55-52-49-47-44-31-29-26-23-20-17-14-11-8-5-2/h7-8,10-11,16-17,19-20,24-29,32-33,35-36,38-39,41-42,44-47,52,55,73H,4-6,9,12-15,18,21-23,30-31,34,37,40,43,48-51,53-54,56-72H2,1-3H3/b10-7-,11-8-,19-16-,20-17-,27-24-,28-25-,29-26-,33-32-,36-35-,39-38-,42-41-,46-45-,47-44-,55-52-. The summed E-state index contributed by atoms with van der Waals surface area (Å²) >= 11 is 0. The molecule has 1 unspecified atom stereocenters. The smallest absolute Gasteiger partial charge is 0.306 e. The summed E-state index contributed by atoms with van der Waals surface area (Å²) in [5, 5.41) is 0. The average molecular weight is 1130 g/mol. The molecule has 0 aliphatic rings. The Balaban J connectivity index is 4.43. The zero-order valence-electron chi connectivity index (χ0n) is 52.7. The third kappa shape index (κ3) is 65.6. The quantitative estimate of drug-likeness (QED) is 0.0261. The minimum atomic E-state index is -0.815. The van der Waals surface area contributed by atoms with Crippen LogP contribution in [-0.2, 0) is 28.6 Å². The molecule has 0 bridgehead atoms. The topological polar surface area (TPSA) is 78.9 Å². The molecule has 460 valence electrons. The van der Waals surface area contributed by atoms with E-state index >= 15 is 0 Å². The summed E-state index contributed by atoms with van der Waals surface area (Å²) in [5.74, 6) is -0.966. The van der Waals surface area contributed by atoms with Gasteiger partial charge in [0.15, 0.2) is 6.10 Å². The van der Waals surface area contributed by atoms with Crippen LogP contribution in [0.3, 0.4) is 0 Å². The van der Waals surface area contributed by atoms with E-state index in [4.69, 9.17) is 14.2 Å². The highest BCUT2D eigenvalue weighted by atomic mass is 16.6. The monoisotopic (exact) mass is 1130 g/mol. The molecule has 0 amide bonds. The molecule has 6 nitrogen and oxygen atoms in total. The molecule has 0 aromatic heterocycles.